The molecule has 188 valence electrons. The van der Waals surface area contributed by atoms with Crippen LogP contribution in [-0.2, 0) is 21.1 Å². The number of ether oxygens (including phenoxy) is 1. The molecular weight excluding hydrogens is 679 g/mol. The van der Waals surface area contributed by atoms with Crippen LogP contribution >= 0.6 is 7.92 Å². The van der Waals surface area contributed by atoms with Crippen LogP contribution in [-0.4, -0.2) is 21.5 Å². The van der Waals surface area contributed by atoms with Crippen LogP contribution in [0.5, 0.6) is 11.6 Å². The molecule has 0 saturated heterocycles. The van der Waals surface area contributed by atoms with Gasteiger partial charge in [0.15, 0.2) is 6.71 Å². The van der Waals surface area contributed by atoms with Crippen molar-refractivity contribution in [3.05, 3.63) is 140 Å². The van der Waals surface area contributed by atoms with E-state index in [1.165, 1.54) is 21.4 Å². The van der Waals surface area contributed by atoms with Gasteiger partial charge >= 0.3 is 21.1 Å². The van der Waals surface area contributed by atoms with Crippen molar-refractivity contribution in [2.75, 3.05) is 0 Å². The third kappa shape index (κ3) is 4.89. The van der Waals surface area contributed by atoms with Gasteiger partial charge in [-0.3, -0.25) is 4.68 Å². The first-order valence-electron chi connectivity index (χ1n) is 12.5. The normalized spacial score (nSPS) is 13.6. The Bertz CT molecular complexity index is 1720. The molecule has 7 heteroatoms. The molecule has 1 atom stereocenters. The predicted molar refractivity (Wildman–Crippen MR) is 155 cm³/mol. The Kier molecular flexibility index (Phi) is 7.29. The monoisotopic (exact) mass is 700 g/mol. The molecule has 1 aliphatic heterocycles. The zero-order valence-corrected chi connectivity index (χ0v) is 23.9. The molecule has 0 saturated carbocycles. The molecule has 6 aromatic rings. The van der Waals surface area contributed by atoms with Gasteiger partial charge in [0.2, 0.25) is 5.88 Å². The zero-order chi connectivity index (χ0) is 25.3. The number of nitrogens with zero attached hydrogens (tertiary/aromatic N) is 3. The maximum absolute atomic E-state index is 6.16. The van der Waals surface area contributed by atoms with Gasteiger partial charge < -0.3 is 4.74 Å². The summed E-state index contributed by atoms with van der Waals surface area (Å²) in [5.41, 5.74) is 4.36. The number of rotatable bonds is 5. The summed E-state index contributed by atoms with van der Waals surface area (Å²) in [6, 6.07) is 45.0. The van der Waals surface area contributed by atoms with Crippen LogP contribution in [0.4, 0.5) is 0 Å². The van der Waals surface area contributed by atoms with Crippen LogP contribution in [0, 0.1) is 12.1 Å². The second kappa shape index (κ2) is 11.1. The summed E-state index contributed by atoms with van der Waals surface area (Å²) < 4.78 is 8.00. The molecule has 0 amide bonds. The minimum atomic E-state index is -0.765. The van der Waals surface area contributed by atoms with Gasteiger partial charge in [0, 0.05) is 30.4 Å². The molecule has 2 aromatic heterocycles. The van der Waals surface area contributed by atoms with Gasteiger partial charge in [0.1, 0.15) is 0 Å². The van der Waals surface area contributed by atoms with E-state index in [-0.39, 0.29) is 27.8 Å². The van der Waals surface area contributed by atoms with Gasteiger partial charge in [0.25, 0.3) is 0 Å². The van der Waals surface area contributed by atoms with Gasteiger partial charge in [-0.05, 0) is 28.4 Å². The topological polar surface area (TPSA) is 39.9 Å². The van der Waals surface area contributed by atoms with E-state index < -0.39 is 7.92 Å². The van der Waals surface area contributed by atoms with Gasteiger partial charge in [-0.2, -0.15) is 40.3 Å². The van der Waals surface area contributed by atoms with Gasteiger partial charge in [0.05, 0.1) is 0 Å². The Labute approximate surface area is 243 Å². The van der Waals surface area contributed by atoms with Gasteiger partial charge in [-0.15, -0.1) is 23.5 Å². The van der Waals surface area contributed by atoms with Crippen LogP contribution in [0.2, 0.25) is 0 Å². The summed E-state index contributed by atoms with van der Waals surface area (Å²) in [4.78, 5) is 4.35. The van der Waals surface area contributed by atoms with Crippen molar-refractivity contribution in [1.29, 1.82) is 0 Å². The van der Waals surface area contributed by atoms with Crippen molar-refractivity contribution in [3.63, 3.8) is 0 Å². The quantitative estimate of drug-likeness (QED) is 0.158. The fraction of sp³-hybridized carbons (Fsp3) is 0. The number of hydrogen-bond donors (Lipinski definition) is 0. The molecule has 0 N–H and O–H groups in total. The first kappa shape index (κ1) is 25.5. The van der Waals surface area contributed by atoms with Crippen molar-refractivity contribution < 1.29 is 25.8 Å². The van der Waals surface area contributed by atoms with Crippen LogP contribution < -0.4 is 37.0 Å². The number of fused-ring (bicyclic) bond motifs is 2. The van der Waals surface area contributed by atoms with Crippen LogP contribution in [0.1, 0.15) is 0 Å². The molecule has 0 bridgehead atoms. The van der Waals surface area contributed by atoms with E-state index in [1.54, 1.807) is 12.4 Å². The molecule has 0 spiro atoms. The fourth-order valence-corrected chi connectivity index (χ4v) is 7.70. The summed E-state index contributed by atoms with van der Waals surface area (Å²) in [7, 11) is -0.765. The summed E-state index contributed by atoms with van der Waals surface area (Å²) in [5.74, 6) is 1.20. The molecule has 1 unspecified atom stereocenters. The molecule has 39 heavy (non-hydrogen) atoms. The number of aromatic nitrogens is 3. The first-order valence-corrected chi connectivity index (χ1v) is 13.8. The van der Waals surface area contributed by atoms with E-state index in [0.29, 0.717) is 11.6 Å². The molecule has 3 heterocycles. The zero-order valence-electron chi connectivity index (χ0n) is 20.7. The maximum Gasteiger partial charge on any atom is 2.00 e. The summed E-state index contributed by atoms with van der Waals surface area (Å²) in [6.45, 7) is -0.0496. The summed E-state index contributed by atoms with van der Waals surface area (Å²) in [6.07, 6.45) is 5.46. The van der Waals surface area contributed by atoms with Crippen LogP contribution in [0.3, 0.4) is 0 Å². The third-order valence-electron chi connectivity index (χ3n) is 6.68. The van der Waals surface area contributed by atoms with Crippen molar-refractivity contribution in [2.45, 2.75) is 0 Å². The molecule has 1 aliphatic rings. The van der Waals surface area contributed by atoms with E-state index in [9.17, 15) is 0 Å². The van der Waals surface area contributed by atoms with Crippen LogP contribution in [0.25, 0.3) is 5.69 Å². The van der Waals surface area contributed by atoms with E-state index in [4.69, 9.17) is 4.74 Å². The first-order chi connectivity index (χ1) is 18.8. The Morgan fingerprint density at radius 1 is 0.718 bits per heavy atom. The fourth-order valence-electron chi connectivity index (χ4n) is 5.06. The average molecular weight is 700 g/mol. The Morgan fingerprint density at radius 2 is 1.56 bits per heavy atom. The molecule has 7 rings (SSSR count). The molecule has 0 radical (unpaired) electrons. The summed E-state index contributed by atoms with van der Waals surface area (Å²) in [5, 5.41) is 8.38. The van der Waals surface area contributed by atoms with Crippen molar-refractivity contribution in [2.24, 2.45) is 0 Å². The molecule has 4 aromatic carbocycles. The minimum Gasteiger partial charge on any atom is -0.466 e. The second-order valence-electron chi connectivity index (χ2n) is 9.00. The largest absolute Gasteiger partial charge is 2.00 e. The predicted octanol–water partition coefficient (Wildman–Crippen LogP) is 3.25. The van der Waals surface area contributed by atoms with E-state index in [2.05, 4.69) is 95.0 Å². The number of benzene rings is 4. The average Bonchev–Trinajstić information content (AvgIpc) is 3.52. The van der Waals surface area contributed by atoms with E-state index in [0.717, 1.165) is 16.6 Å². The van der Waals surface area contributed by atoms with Gasteiger partial charge in [-0.25, -0.2) is 4.98 Å². The standard InChI is InChI=1S/C32H21BN3OP.Pt/c1-2-12-27(13-3-1)38-30-15-5-4-14-28(30)33(24-10-8-11-25(22-24)36-21-9-20-35-36)29-23-26(17-18-31(29)38)37-32-16-6-7-19-34-32;/h1-21H;/q-2;+2. The van der Waals surface area contributed by atoms with E-state index >= 15 is 0 Å². The number of hydrogen-bond acceptors (Lipinski definition) is 3. The van der Waals surface area contributed by atoms with Gasteiger partial charge in [-0.1, -0.05) is 74.0 Å². The van der Waals surface area contributed by atoms with Crippen molar-refractivity contribution in [1.82, 2.24) is 14.8 Å². The maximum atomic E-state index is 6.16. The second-order valence-corrected chi connectivity index (χ2v) is 11.1. The Balaban J connectivity index is 0.00000277. The molecule has 0 aliphatic carbocycles. The van der Waals surface area contributed by atoms with Crippen molar-refractivity contribution in [3.8, 4) is 17.3 Å². The molecule has 0 fully saturated rings. The summed E-state index contributed by atoms with van der Waals surface area (Å²) >= 11 is 0. The SMILES string of the molecule is [Pt+2].[c-]1c(B2c3[c-]c(Oc4ccccn4)ccc3P(c3ccccc3)c3ccccc32)cccc1-n1cccn1. The number of pyridine rings is 1. The Morgan fingerprint density at radius 3 is 2.38 bits per heavy atom. The van der Waals surface area contributed by atoms with E-state index in [1.807, 2.05) is 47.3 Å². The van der Waals surface area contributed by atoms with Crippen molar-refractivity contribution >= 4 is 46.9 Å². The third-order valence-corrected chi connectivity index (χ3v) is 9.25. The minimum absolute atomic E-state index is 0. The van der Waals surface area contributed by atoms with Crippen LogP contribution in [0.15, 0.2) is 128 Å². The Hall–Kier alpha value is -3.78. The molecular formula is C32H21BN3OPPt. The smallest absolute Gasteiger partial charge is 0.466 e. The molecule has 4 nitrogen and oxygen atoms in total.